The first-order valence-electron chi connectivity index (χ1n) is 3.49. The van der Waals surface area contributed by atoms with Crippen molar-refractivity contribution < 1.29 is 4.52 Å². The van der Waals surface area contributed by atoms with Crippen LogP contribution >= 0.6 is 45.2 Å². The van der Waals surface area contributed by atoms with Crippen molar-refractivity contribution >= 4 is 45.2 Å². The molecule has 2 nitrogen and oxygen atoms in total. The number of halogens is 2. The van der Waals surface area contributed by atoms with Gasteiger partial charge in [-0.25, -0.2) is 0 Å². The lowest BCUT2D eigenvalue weighted by Crippen LogP contribution is -1.91. The van der Waals surface area contributed by atoms with E-state index in [0.717, 1.165) is 9.26 Å². The van der Waals surface area contributed by atoms with Crippen LogP contribution in [-0.2, 0) is 0 Å². The highest BCUT2D eigenvalue weighted by Gasteiger charge is 2.13. The van der Waals surface area contributed by atoms with E-state index in [9.17, 15) is 0 Å². The van der Waals surface area contributed by atoms with Crippen LogP contribution in [0.15, 0.2) is 10.8 Å². The van der Waals surface area contributed by atoms with E-state index in [1.807, 2.05) is 0 Å². The molecule has 11 heavy (non-hydrogen) atoms. The van der Waals surface area contributed by atoms with Gasteiger partial charge in [-0.15, -0.1) is 0 Å². The van der Waals surface area contributed by atoms with Gasteiger partial charge in [0, 0.05) is 0 Å². The molecule has 1 heterocycles. The fourth-order valence-corrected chi connectivity index (χ4v) is 3.09. The van der Waals surface area contributed by atoms with Gasteiger partial charge in [0.2, 0.25) is 0 Å². The molecule has 0 radical (unpaired) electrons. The Kier molecular flexibility index (Phi) is 4.11. The molecule has 0 amide bonds. The summed E-state index contributed by atoms with van der Waals surface area (Å²) < 4.78 is 6.49. The van der Waals surface area contributed by atoms with Crippen molar-refractivity contribution in [3.63, 3.8) is 0 Å². The maximum Gasteiger partial charge on any atom is 0.137 e. The molecule has 0 aliphatic rings. The molecule has 4 heteroatoms. The quantitative estimate of drug-likeness (QED) is 0.595. The van der Waals surface area contributed by atoms with E-state index in [-0.39, 0.29) is 0 Å². The molecule has 62 valence electrons. The molecule has 0 fully saturated rings. The number of hydrogen-bond acceptors (Lipinski definition) is 2. The second-order valence-corrected chi connectivity index (χ2v) is 4.97. The Morgan fingerprint density at radius 1 is 1.73 bits per heavy atom. The monoisotopic (exact) mass is 377 g/mol. The molecule has 0 spiro atoms. The van der Waals surface area contributed by atoms with Crippen molar-refractivity contribution in [2.24, 2.45) is 0 Å². The van der Waals surface area contributed by atoms with Gasteiger partial charge in [-0.05, 0) is 29.0 Å². The highest BCUT2D eigenvalue weighted by molar-refractivity contribution is 14.1. The van der Waals surface area contributed by atoms with Crippen molar-refractivity contribution in [1.82, 2.24) is 5.16 Å². The maximum atomic E-state index is 4.85. The summed E-state index contributed by atoms with van der Waals surface area (Å²) >= 11 is 4.65. The summed E-state index contributed by atoms with van der Waals surface area (Å²) in [7, 11) is 0. The molecule has 1 rings (SSSR count). The molecule has 0 aliphatic heterocycles. The Hall–Kier alpha value is 0.670. The van der Waals surface area contributed by atoms with Gasteiger partial charge in [-0.2, -0.15) is 0 Å². The van der Waals surface area contributed by atoms with Crippen LogP contribution in [0.2, 0.25) is 0 Å². The Morgan fingerprint density at radius 2 is 2.45 bits per heavy atom. The van der Waals surface area contributed by atoms with E-state index in [2.05, 4.69) is 57.3 Å². The van der Waals surface area contributed by atoms with Gasteiger partial charge < -0.3 is 4.52 Å². The van der Waals surface area contributed by atoms with Crippen LogP contribution in [0.25, 0.3) is 0 Å². The predicted molar refractivity (Wildman–Crippen MR) is 60.9 cm³/mol. The molecule has 1 atom stereocenters. The number of aromatic nitrogens is 1. The van der Waals surface area contributed by atoms with Crippen LogP contribution in [0, 0.1) is 3.57 Å². The van der Waals surface area contributed by atoms with Crippen molar-refractivity contribution in [3.05, 3.63) is 15.5 Å². The highest BCUT2D eigenvalue weighted by Crippen LogP contribution is 2.30. The van der Waals surface area contributed by atoms with Crippen LogP contribution in [0.5, 0.6) is 0 Å². The van der Waals surface area contributed by atoms with E-state index in [1.54, 1.807) is 6.26 Å². The van der Waals surface area contributed by atoms with E-state index >= 15 is 0 Å². The van der Waals surface area contributed by atoms with Gasteiger partial charge in [0.1, 0.15) is 12.0 Å². The summed E-state index contributed by atoms with van der Waals surface area (Å²) in [6.45, 7) is 2.18. The molecular formula is C7H9I2NO. The maximum absolute atomic E-state index is 4.85. The molecule has 0 saturated carbocycles. The summed E-state index contributed by atoms with van der Waals surface area (Å²) in [5.74, 6) is 0. The number of alkyl halides is 1. The van der Waals surface area contributed by atoms with E-state index in [4.69, 9.17) is 4.52 Å². The summed E-state index contributed by atoms with van der Waals surface area (Å²) in [6.07, 6.45) is 4.05. The minimum absolute atomic E-state index is 0.503. The number of hydrogen-bond donors (Lipinski definition) is 0. The van der Waals surface area contributed by atoms with Gasteiger partial charge in [0.15, 0.2) is 0 Å². The second kappa shape index (κ2) is 4.64. The average Bonchev–Trinajstić information content (AvgIpc) is 2.36. The molecule has 0 saturated heterocycles. The Balaban J connectivity index is 2.67. The zero-order valence-corrected chi connectivity index (χ0v) is 10.5. The Bertz CT molecular complexity index is 224. The third kappa shape index (κ3) is 2.57. The van der Waals surface area contributed by atoms with Crippen molar-refractivity contribution in [2.45, 2.75) is 23.7 Å². The lowest BCUT2D eigenvalue weighted by atomic mass is 10.2. The van der Waals surface area contributed by atoms with Crippen molar-refractivity contribution in [3.8, 4) is 0 Å². The smallest absolute Gasteiger partial charge is 0.137 e. The highest BCUT2D eigenvalue weighted by atomic mass is 127. The lowest BCUT2D eigenvalue weighted by molar-refractivity contribution is 0.410. The van der Waals surface area contributed by atoms with E-state index in [1.165, 1.54) is 12.8 Å². The Morgan fingerprint density at radius 3 is 2.91 bits per heavy atom. The van der Waals surface area contributed by atoms with Gasteiger partial charge in [0.25, 0.3) is 0 Å². The normalized spacial score (nSPS) is 13.4. The topological polar surface area (TPSA) is 26.0 Å². The molecule has 0 N–H and O–H groups in total. The van der Waals surface area contributed by atoms with Crippen LogP contribution in [0.3, 0.4) is 0 Å². The second-order valence-electron chi connectivity index (χ2n) is 2.30. The molecule has 0 bridgehead atoms. The van der Waals surface area contributed by atoms with E-state index < -0.39 is 0 Å². The zero-order valence-electron chi connectivity index (χ0n) is 6.18. The summed E-state index contributed by atoms with van der Waals surface area (Å²) in [4.78, 5) is 0. The summed E-state index contributed by atoms with van der Waals surface area (Å²) in [5.41, 5.74) is 1.09. The van der Waals surface area contributed by atoms with Crippen LogP contribution in [-0.4, -0.2) is 5.16 Å². The van der Waals surface area contributed by atoms with Crippen LogP contribution in [0.4, 0.5) is 0 Å². The standard InChI is InChI=1S/C7H9I2NO/c1-2-3-5(8)7-6(9)4-11-10-7/h4-5H,2-3H2,1H3. The minimum atomic E-state index is 0.503. The zero-order chi connectivity index (χ0) is 8.27. The van der Waals surface area contributed by atoms with Crippen molar-refractivity contribution in [1.29, 1.82) is 0 Å². The summed E-state index contributed by atoms with van der Waals surface area (Å²) in [6, 6.07) is 0. The van der Waals surface area contributed by atoms with Gasteiger partial charge in [-0.3, -0.25) is 0 Å². The molecule has 1 aromatic heterocycles. The van der Waals surface area contributed by atoms with Crippen molar-refractivity contribution in [2.75, 3.05) is 0 Å². The molecular weight excluding hydrogens is 368 g/mol. The largest absolute Gasteiger partial charge is 0.363 e. The average molecular weight is 377 g/mol. The van der Waals surface area contributed by atoms with Gasteiger partial charge in [-0.1, -0.05) is 41.1 Å². The summed E-state index contributed by atoms with van der Waals surface area (Å²) in [5, 5.41) is 3.94. The number of rotatable bonds is 3. The molecule has 0 aliphatic carbocycles. The Labute approximate surface area is 93.4 Å². The van der Waals surface area contributed by atoms with Crippen LogP contribution in [0.1, 0.15) is 29.4 Å². The lowest BCUT2D eigenvalue weighted by Gasteiger charge is -2.02. The first-order valence-corrected chi connectivity index (χ1v) is 5.82. The third-order valence-electron chi connectivity index (χ3n) is 1.39. The predicted octanol–water partition coefficient (Wildman–Crippen LogP) is 3.56. The van der Waals surface area contributed by atoms with Crippen LogP contribution < -0.4 is 0 Å². The third-order valence-corrected chi connectivity index (χ3v) is 3.41. The van der Waals surface area contributed by atoms with Gasteiger partial charge in [0.05, 0.1) is 7.49 Å². The molecule has 0 aromatic carbocycles. The fraction of sp³-hybridized carbons (Fsp3) is 0.571. The first kappa shape index (κ1) is 9.76. The minimum Gasteiger partial charge on any atom is -0.363 e. The fourth-order valence-electron chi connectivity index (χ4n) is 0.830. The molecule has 1 aromatic rings. The first-order chi connectivity index (χ1) is 5.25. The number of nitrogens with zero attached hydrogens (tertiary/aromatic N) is 1. The van der Waals surface area contributed by atoms with E-state index in [0.29, 0.717) is 3.92 Å². The van der Waals surface area contributed by atoms with Gasteiger partial charge >= 0.3 is 0 Å². The molecule has 1 unspecified atom stereocenters. The SMILES string of the molecule is CCCC(I)c1nocc1I.